The summed E-state index contributed by atoms with van der Waals surface area (Å²) < 4.78 is 23.0. The molecule has 4 rings (SSSR count). The van der Waals surface area contributed by atoms with Gasteiger partial charge in [-0.3, -0.25) is 9.69 Å². The van der Waals surface area contributed by atoms with E-state index in [-0.39, 0.29) is 5.24 Å². The van der Waals surface area contributed by atoms with Crippen LogP contribution in [0.3, 0.4) is 0 Å². The Labute approximate surface area is 223 Å². The van der Waals surface area contributed by atoms with Crippen molar-refractivity contribution in [3.8, 4) is 28.7 Å². The number of phenolic OH excluding ortho intramolecular Hbond substituents is 1. The summed E-state index contributed by atoms with van der Waals surface area (Å²) in [6, 6.07) is 3.89. The molecule has 1 fully saturated rings. The van der Waals surface area contributed by atoms with E-state index in [2.05, 4.69) is 4.90 Å². The molecular formula is C28H38N2O6S. The van der Waals surface area contributed by atoms with Gasteiger partial charge in [-0.1, -0.05) is 6.07 Å². The van der Waals surface area contributed by atoms with Crippen LogP contribution in [0.25, 0.3) is 0 Å². The molecule has 0 aromatic heterocycles. The Balaban J connectivity index is 1.38. The van der Waals surface area contributed by atoms with E-state index in [1.807, 2.05) is 44.7 Å². The minimum atomic E-state index is -0.644. The van der Waals surface area contributed by atoms with Gasteiger partial charge in [0.05, 0.1) is 21.3 Å². The van der Waals surface area contributed by atoms with E-state index in [9.17, 15) is 9.90 Å². The summed E-state index contributed by atoms with van der Waals surface area (Å²) in [5, 5.41) is 10.5. The molecule has 2 aromatic carbocycles. The summed E-state index contributed by atoms with van der Waals surface area (Å²) in [5.74, 6) is 3.05. The number of methoxy groups -OCH3 is 3. The fourth-order valence-electron chi connectivity index (χ4n) is 5.17. The van der Waals surface area contributed by atoms with Gasteiger partial charge in [-0.05, 0) is 68.6 Å². The van der Waals surface area contributed by atoms with E-state index in [1.54, 1.807) is 21.3 Å². The third kappa shape index (κ3) is 5.29. The van der Waals surface area contributed by atoms with Gasteiger partial charge in [0.25, 0.3) is 5.24 Å². The van der Waals surface area contributed by atoms with Crippen LogP contribution in [0.1, 0.15) is 41.2 Å². The first kappa shape index (κ1) is 27.3. The van der Waals surface area contributed by atoms with Gasteiger partial charge in [0, 0.05) is 50.3 Å². The molecule has 0 spiro atoms. The highest BCUT2D eigenvalue weighted by Crippen LogP contribution is 2.47. The number of phenols is 1. The molecule has 1 atom stereocenters. The third-order valence-electron chi connectivity index (χ3n) is 7.60. The fraction of sp³-hybridized carbons (Fsp3) is 0.536. The number of carbonyl (C=O) groups excluding carboxylic acids is 1. The standard InChI is InChI=1S/C28H38N2O6S/c1-17-18(2)24-21(19(3)23(17)31)10-11-28(4,36-24)37-27(32)30-14-12-29(13-15-30)16-20-8-9-22(33-5)26(35-7)25(20)34-6/h8-9,31H,10-16H2,1-7H3. The molecule has 2 aliphatic rings. The predicted octanol–water partition coefficient (Wildman–Crippen LogP) is 5.06. The van der Waals surface area contributed by atoms with Gasteiger partial charge in [0.2, 0.25) is 5.75 Å². The van der Waals surface area contributed by atoms with Crippen LogP contribution in [0.5, 0.6) is 28.7 Å². The molecule has 202 valence electrons. The molecule has 1 unspecified atom stereocenters. The number of piperazine rings is 1. The van der Waals surface area contributed by atoms with Gasteiger partial charge in [-0.15, -0.1) is 0 Å². The van der Waals surface area contributed by atoms with Crippen molar-refractivity contribution in [2.24, 2.45) is 0 Å². The second-order valence-corrected chi connectivity index (χ2v) is 11.3. The second-order valence-electron chi connectivity index (χ2n) is 9.89. The first-order valence-electron chi connectivity index (χ1n) is 12.6. The summed E-state index contributed by atoms with van der Waals surface area (Å²) in [4.78, 5) is 16.9. The highest BCUT2D eigenvalue weighted by molar-refractivity contribution is 8.14. The van der Waals surface area contributed by atoms with Crippen molar-refractivity contribution in [2.45, 2.75) is 52.0 Å². The number of rotatable bonds is 6. The molecule has 8 nitrogen and oxygen atoms in total. The Hall–Kier alpha value is -2.78. The molecule has 37 heavy (non-hydrogen) atoms. The quantitative estimate of drug-likeness (QED) is 0.556. The molecule has 9 heteroatoms. The van der Waals surface area contributed by atoms with Gasteiger partial charge in [-0.2, -0.15) is 0 Å². The van der Waals surface area contributed by atoms with Gasteiger partial charge in [0.1, 0.15) is 11.5 Å². The van der Waals surface area contributed by atoms with Crippen molar-refractivity contribution in [3.05, 3.63) is 39.9 Å². The van der Waals surface area contributed by atoms with Crippen molar-refractivity contribution in [2.75, 3.05) is 47.5 Å². The summed E-state index contributed by atoms with van der Waals surface area (Å²) in [7, 11) is 4.85. The van der Waals surface area contributed by atoms with Crippen LogP contribution in [-0.4, -0.2) is 72.6 Å². The van der Waals surface area contributed by atoms with E-state index in [1.165, 1.54) is 11.8 Å². The molecule has 0 aliphatic carbocycles. The molecule has 2 aromatic rings. The average molecular weight is 531 g/mol. The maximum absolute atomic E-state index is 13.3. The smallest absolute Gasteiger partial charge is 0.285 e. The Morgan fingerprint density at radius 1 is 1.00 bits per heavy atom. The highest BCUT2D eigenvalue weighted by atomic mass is 32.2. The number of fused-ring (bicyclic) bond motifs is 1. The predicted molar refractivity (Wildman–Crippen MR) is 146 cm³/mol. The average Bonchev–Trinajstić information content (AvgIpc) is 2.90. The van der Waals surface area contributed by atoms with Crippen LogP contribution in [0.2, 0.25) is 0 Å². The van der Waals surface area contributed by atoms with Crippen LogP contribution in [0.4, 0.5) is 4.79 Å². The molecule has 0 radical (unpaired) electrons. The molecular weight excluding hydrogens is 492 g/mol. The largest absolute Gasteiger partial charge is 0.507 e. The maximum Gasteiger partial charge on any atom is 0.285 e. The van der Waals surface area contributed by atoms with E-state index < -0.39 is 4.93 Å². The number of benzene rings is 2. The Bertz CT molecular complexity index is 1180. The molecule has 2 heterocycles. The number of carbonyl (C=O) groups is 1. The van der Waals surface area contributed by atoms with Crippen molar-refractivity contribution >= 4 is 17.0 Å². The summed E-state index contributed by atoms with van der Waals surface area (Å²) >= 11 is 1.27. The Morgan fingerprint density at radius 2 is 1.68 bits per heavy atom. The van der Waals surface area contributed by atoms with Crippen molar-refractivity contribution < 1.29 is 28.8 Å². The zero-order chi connectivity index (χ0) is 26.9. The maximum atomic E-state index is 13.3. The molecule has 1 saturated heterocycles. The lowest BCUT2D eigenvalue weighted by molar-refractivity contribution is 0.141. The molecule has 0 saturated carbocycles. The molecule has 1 N–H and O–H groups in total. The summed E-state index contributed by atoms with van der Waals surface area (Å²) in [6.45, 7) is 11.3. The van der Waals surface area contributed by atoms with Crippen LogP contribution < -0.4 is 18.9 Å². The first-order chi connectivity index (χ1) is 17.6. The van der Waals surface area contributed by atoms with E-state index in [0.29, 0.717) is 49.1 Å². The number of thioether (sulfide) groups is 1. The monoisotopic (exact) mass is 530 g/mol. The van der Waals surface area contributed by atoms with E-state index in [0.717, 1.165) is 53.1 Å². The second kappa shape index (κ2) is 10.9. The normalized spacial score (nSPS) is 19.7. The zero-order valence-corrected chi connectivity index (χ0v) is 23.7. The lowest BCUT2D eigenvalue weighted by atomic mass is 9.92. The van der Waals surface area contributed by atoms with Crippen LogP contribution in [-0.2, 0) is 13.0 Å². The van der Waals surface area contributed by atoms with Crippen molar-refractivity contribution in [1.29, 1.82) is 0 Å². The van der Waals surface area contributed by atoms with Gasteiger partial charge < -0.3 is 29.0 Å². The van der Waals surface area contributed by atoms with Gasteiger partial charge >= 0.3 is 0 Å². The number of hydrogen-bond acceptors (Lipinski definition) is 8. The van der Waals surface area contributed by atoms with Crippen LogP contribution in [0.15, 0.2) is 12.1 Å². The number of nitrogens with zero attached hydrogens (tertiary/aromatic N) is 2. The Morgan fingerprint density at radius 3 is 2.30 bits per heavy atom. The number of amides is 1. The molecule has 1 amide bonds. The van der Waals surface area contributed by atoms with Crippen molar-refractivity contribution in [3.63, 3.8) is 0 Å². The summed E-state index contributed by atoms with van der Waals surface area (Å²) in [6.07, 6.45) is 1.48. The Kier molecular flexibility index (Phi) is 8.04. The number of aromatic hydroxyl groups is 1. The third-order valence-corrected chi connectivity index (χ3v) is 8.75. The van der Waals surface area contributed by atoms with Gasteiger partial charge in [-0.25, -0.2) is 0 Å². The minimum Gasteiger partial charge on any atom is -0.507 e. The lowest BCUT2D eigenvalue weighted by Crippen LogP contribution is -2.48. The number of hydrogen-bond donors (Lipinski definition) is 1. The zero-order valence-electron chi connectivity index (χ0n) is 22.9. The topological polar surface area (TPSA) is 80.7 Å². The summed E-state index contributed by atoms with van der Waals surface area (Å²) in [5.41, 5.74) is 4.71. The van der Waals surface area contributed by atoms with E-state index >= 15 is 0 Å². The van der Waals surface area contributed by atoms with E-state index in [4.69, 9.17) is 18.9 Å². The lowest BCUT2D eigenvalue weighted by Gasteiger charge is -2.39. The highest BCUT2D eigenvalue weighted by Gasteiger charge is 2.39. The fourth-order valence-corrected chi connectivity index (χ4v) is 6.18. The SMILES string of the molecule is COc1ccc(CN2CCN(C(=O)SC3(C)CCc4c(C)c(O)c(C)c(C)c4O3)CC2)c(OC)c1OC. The van der Waals surface area contributed by atoms with Gasteiger partial charge in [0.15, 0.2) is 16.4 Å². The van der Waals surface area contributed by atoms with Crippen LogP contribution in [0, 0.1) is 20.8 Å². The molecule has 2 aliphatic heterocycles. The molecule has 0 bridgehead atoms. The van der Waals surface area contributed by atoms with Crippen molar-refractivity contribution in [1.82, 2.24) is 9.80 Å². The first-order valence-corrected chi connectivity index (χ1v) is 13.4. The number of ether oxygens (including phenoxy) is 4. The minimum absolute atomic E-state index is 0.0409. The van der Waals surface area contributed by atoms with Crippen LogP contribution >= 0.6 is 11.8 Å².